The lowest BCUT2D eigenvalue weighted by Crippen LogP contribution is -2.50. The number of carbonyl (C=O) groups is 1. The molecule has 1 unspecified atom stereocenters. The van der Waals surface area contributed by atoms with Crippen LogP contribution < -0.4 is 9.64 Å². The number of hydrogen-bond donors (Lipinski definition) is 1. The van der Waals surface area contributed by atoms with E-state index in [2.05, 4.69) is 13.0 Å². The fourth-order valence-electron chi connectivity index (χ4n) is 3.24. The van der Waals surface area contributed by atoms with Gasteiger partial charge in [0.15, 0.2) is 6.10 Å². The van der Waals surface area contributed by atoms with E-state index in [1.54, 1.807) is 23.1 Å². The van der Waals surface area contributed by atoms with Crippen molar-refractivity contribution in [1.82, 2.24) is 0 Å². The summed E-state index contributed by atoms with van der Waals surface area (Å²) in [5.41, 5.74) is 3.07. The van der Waals surface area contributed by atoms with Crippen LogP contribution in [0.15, 0.2) is 42.5 Å². The molecule has 3 rings (SSSR count). The summed E-state index contributed by atoms with van der Waals surface area (Å²) in [6, 6.07) is 13.1. The number of amides is 1. The lowest BCUT2D eigenvalue weighted by Gasteiger charge is -2.37. The van der Waals surface area contributed by atoms with Crippen molar-refractivity contribution < 1.29 is 14.6 Å². The molecule has 0 bridgehead atoms. The summed E-state index contributed by atoms with van der Waals surface area (Å²) in [6.07, 6.45) is 0.873. The van der Waals surface area contributed by atoms with Crippen molar-refractivity contribution in [2.45, 2.75) is 45.8 Å². The molecule has 2 aromatic rings. The molecule has 0 saturated carbocycles. The lowest BCUT2D eigenvalue weighted by molar-refractivity contribution is -0.126. The summed E-state index contributed by atoms with van der Waals surface area (Å²) in [5, 5.41) is 9.75. The van der Waals surface area contributed by atoms with Crippen LogP contribution in [0.1, 0.15) is 31.9 Å². The second-order valence-electron chi connectivity index (χ2n) is 6.39. The number of nitrogens with zero attached hydrogens (tertiary/aromatic N) is 1. The zero-order chi connectivity index (χ0) is 17.3. The Labute approximate surface area is 142 Å². The molecule has 1 amide bonds. The predicted molar refractivity (Wildman–Crippen MR) is 94.7 cm³/mol. The fourth-order valence-corrected chi connectivity index (χ4v) is 3.24. The molecule has 0 fully saturated rings. The van der Waals surface area contributed by atoms with Crippen LogP contribution in [-0.4, -0.2) is 23.2 Å². The highest BCUT2D eigenvalue weighted by atomic mass is 16.5. The normalized spacial score (nSPS) is 16.9. The molecule has 1 heterocycles. The van der Waals surface area contributed by atoms with Crippen LogP contribution in [0.3, 0.4) is 0 Å². The minimum atomic E-state index is -0.575. The van der Waals surface area contributed by atoms with Gasteiger partial charge in [-0.3, -0.25) is 4.79 Å². The Morgan fingerprint density at radius 1 is 1.17 bits per heavy atom. The molecule has 24 heavy (non-hydrogen) atoms. The highest BCUT2D eigenvalue weighted by Crippen LogP contribution is 2.38. The first-order chi connectivity index (χ1) is 11.5. The first-order valence-corrected chi connectivity index (χ1v) is 8.40. The molecule has 0 spiro atoms. The van der Waals surface area contributed by atoms with Gasteiger partial charge in [0.2, 0.25) is 0 Å². The summed E-state index contributed by atoms with van der Waals surface area (Å²) >= 11 is 0. The number of carbonyl (C=O) groups excluding carboxylic acids is 1. The van der Waals surface area contributed by atoms with Crippen LogP contribution >= 0.6 is 0 Å². The van der Waals surface area contributed by atoms with E-state index in [0.717, 1.165) is 12.0 Å². The summed E-state index contributed by atoms with van der Waals surface area (Å²) in [5.74, 6) is 0.663. The number of benzene rings is 2. The topological polar surface area (TPSA) is 49.8 Å². The molecule has 2 aromatic carbocycles. The summed E-state index contributed by atoms with van der Waals surface area (Å²) in [4.78, 5) is 14.7. The molecule has 0 radical (unpaired) electrons. The van der Waals surface area contributed by atoms with Crippen molar-refractivity contribution >= 4 is 11.6 Å². The van der Waals surface area contributed by atoms with Crippen LogP contribution in [-0.2, 0) is 17.6 Å². The lowest BCUT2D eigenvalue weighted by atomic mass is 9.98. The van der Waals surface area contributed by atoms with E-state index in [1.807, 2.05) is 32.0 Å². The third-order valence-corrected chi connectivity index (χ3v) is 4.41. The highest BCUT2D eigenvalue weighted by molar-refractivity contribution is 6.00. The van der Waals surface area contributed by atoms with Gasteiger partial charge in [0.25, 0.3) is 5.91 Å². The van der Waals surface area contributed by atoms with Crippen LogP contribution in [0.5, 0.6) is 11.5 Å². The number of ether oxygens (including phenoxy) is 1. The molecule has 0 aromatic heterocycles. The molecule has 1 atom stereocenters. The first-order valence-electron chi connectivity index (χ1n) is 8.40. The maximum atomic E-state index is 13.0. The van der Waals surface area contributed by atoms with E-state index >= 15 is 0 Å². The summed E-state index contributed by atoms with van der Waals surface area (Å²) in [6.45, 7) is 6.07. The maximum Gasteiger partial charge on any atom is 0.268 e. The quantitative estimate of drug-likeness (QED) is 0.932. The number of phenolic OH excluding ortho intramolecular Hbond substituents is 1. The van der Waals surface area contributed by atoms with E-state index in [4.69, 9.17) is 4.74 Å². The van der Waals surface area contributed by atoms with Gasteiger partial charge in [0.05, 0.1) is 5.69 Å². The Morgan fingerprint density at radius 3 is 2.54 bits per heavy atom. The van der Waals surface area contributed by atoms with Crippen molar-refractivity contribution in [2.75, 3.05) is 4.90 Å². The van der Waals surface area contributed by atoms with E-state index in [-0.39, 0.29) is 17.7 Å². The van der Waals surface area contributed by atoms with Gasteiger partial charge in [0.1, 0.15) is 11.5 Å². The third-order valence-electron chi connectivity index (χ3n) is 4.41. The highest BCUT2D eigenvalue weighted by Gasteiger charge is 2.36. The van der Waals surface area contributed by atoms with Crippen LogP contribution in [0.2, 0.25) is 0 Å². The maximum absolute atomic E-state index is 13.0. The predicted octanol–water partition coefficient (Wildman–Crippen LogP) is 3.70. The third kappa shape index (κ3) is 2.96. The second-order valence-corrected chi connectivity index (χ2v) is 6.39. The number of aryl methyl sites for hydroxylation is 1. The van der Waals surface area contributed by atoms with Crippen LogP contribution in [0, 0.1) is 0 Å². The molecule has 0 aliphatic carbocycles. The zero-order valence-electron chi connectivity index (χ0n) is 14.3. The van der Waals surface area contributed by atoms with Gasteiger partial charge >= 0.3 is 0 Å². The smallest absolute Gasteiger partial charge is 0.268 e. The number of fused-ring (bicyclic) bond motifs is 1. The van der Waals surface area contributed by atoms with Gasteiger partial charge in [-0.1, -0.05) is 31.2 Å². The van der Waals surface area contributed by atoms with Gasteiger partial charge in [-0.2, -0.15) is 0 Å². The van der Waals surface area contributed by atoms with Crippen molar-refractivity contribution in [3.8, 4) is 11.5 Å². The standard InChI is InChI=1S/C20H23NO3/c1-4-14-7-5-6-8-15(14)11-19-20(23)21(13(2)3)17-10-9-16(22)12-18(17)24-19/h5-10,12-13,19,22H,4,11H2,1-3H3. The molecule has 1 aliphatic rings. The van der Waals surface area contributed by atoms with Crippen LogP contribution in [0.25, 0.3) is 0 Å². The monoisotopic (exact) mass is 325 g/mol. The molecule has 4 heteroatoms. The molecule has 1 N–H and O–H groups in total. The Bertz CT molecular complexity index is 754. The van der Waals surface area contributed by atoms with E-state index in [1.165, 1.54) is 5.56 Å². The molecule has 1 aliphatic heterocycles. The second kappa shape index (κ2) is 6.56. The zero-order valence-corrected chi connectivity index (χ0v) is 14.3. The van der Waals surface area contributed by atoms with Crippen molar-refractivity contribution in [2.24, 2.45) is 0 Å². The van der Waals surface area contributed by atoms with Gasteiger partial charge in [-0.25, -0.2) is 0 Å². The average molecular weight is 325 g/mol. The van der Waals surface area contributed by atoms with Crippen LogP contribution in [0.4, 0.5) is 5.69 Å². The van der Waals surface area contributed by atoms with Gasteiger partial charge in [0, 0.05) is 18.5 Å². The molecule has 0 saturated heterocycles. The fraction of sp³-hybridized carbons (Fsp3) is 0.350. The van der Waals surface area contributed by atoms with Crippen molar-refractivity contribution in [1.29, 1.82) is 0 Å². The molecule has 126 valence electrons. The summed E-state index contributed by atoms with van der Waals surface area (Å²) in [7, 11) is 0. The molecular weight excluding hydrogens is 302 g/mol. The van der Waals surface area contributed by atoms with Crippen molar-refractivity contribution in [3.05, 3.63) is 53.6 Å². The van der Waals surface area contributed by atoms with Gasteiger partial charge in [-0.05, 0) is 43.5 Å². The average Bonchev–Trinajstić information content (AvgIpc) is 2.56. The number of hydrogen-bond acceptors (Lipinski definition) is 3. The molecule has 4 nitrogen and oxygen atoms in total. The molecular formula is C20H23NO3. The van der Waals surface area contributed by atoms with Gasteiger partial charge in [-0.15, -0.1) is 0 Å². The largest absolute Gasteiger partial charge is 0.508 e. The van der Waals surface area contributed by atoms with Crippen molar-refractivity contribution in [3.63, 3.8) is 0 Å². The number of rotatable bonds is 4. The summed E-state index contributed by atoms with van der Waals surface area (Å²) < 4.78 is 5.96. The Kier molecular flexibility index (Phi) is 4.47. The minimum Gasteiger partial charge on any atom is -0.508 e. The number of aromatic hydroxyl groups is 1. The van der Waals surface area contributed by atoms with E-state index < -0.39 is 6.10 Å². The van der Waals surface area contributed by atoms with E-state index in [9.17, 15) is 9.90 Å². The Hall–Kier alpha value is -2.49. The number of anilines is 1. The Morgan fingerprint density at radius 2 is 1.88 bits per heavy atom. The first kappa shape index (κ1) is 16.4. The minimum absolute atomic E-state index is 0.0219. The van der Waals surface area contributed by atoms with E-state index in [0.29, 0.717) is 17.9 Å². The number of phenols is 1. The Balaban J connectivity index is 1.96. The SMILES string of the molecule is CCc1ccccc1CC1Oc2cc(O)ccc2N(C(C)C)C1=O. The van der Waals surface area contributed by atoms with Gasteiger partial charge < -0.3 is 14.7 Å².